The first kappa shape index (κ1) is 10.7. The SMILES string of the molecule is CC(C#N)C(=O)NCCc1cccs1. The highest BCUT2D eigenvalue weighted by Gasteiger charge is 2.09. The predicted octanol–water partition coefficient (Wildman–Crippen LogP) is 1.57. The maximum absolute atomic E-state index is 11.2. The lowest BCUT2D eigenvalue weighted by atomic mass is 10.2. The van der Waals surface area contributed by atoms with E-state index in [-0.39, 0.29) is 5.91 Å². The summed E-state index contributed by atoms with van der Waals surface area (Å²) in [4.78, 5) is 12.4. The van der Waals surface area contributed by atoms with Crippen LogP contribution in [0.2, 0.25) is 0 Å². The fourth-order valence-electron chi connectivity index (χ4n) is 0.975. The van der Waals surface area contributed by atoms with Gasteiger partial charge < -0.3 is 5.32 Å². The zero-order valence-electron chi connectivity index (χ0n) is 7.99. The maximum Gasteiger partial charge on any atom is 0.237 e. The van der Waals surface area contributed by atoms with E-state index in [1.165, 1.54) is 4.88 Å². The average molecular weight is 208 g/mol. The molecular formula is C10H12N2OS. The lowest BCUT2D eigenvalue weighted by molar-refractivity contribution is -0.122. The zero-order valence-corrected chi connectivity index (χ0v) is 8.80. The van der Waals surface area contributed by atoms with Gasteiger partial charge in [-0.05, 0) is 24.8 Å². The summed E-state index contributed by atoms with van der Waals surface area (Å²) < 4.78 is 0. The summed E-state index contributed by atoms with van der Waals surface area (Å²) in [6.45, 7) is 2.20. The van der Waals surface area contributed by atoms with Gasteiger partial charge in [0.1, 0.15) is 5.92 Å². The van der Waals surface area contributed by atoms with Gasteiger partial charge in [0, 0.05) is 11.4 Å². The Labute approximate surface area is 87.4 Å². The minimum Gasteiger partial charge on any atom is -0.355 e. The molecule has 0 spiro atoms. The van der Waals surface area contributed by atoms with Crippen LogP contribution in [0, 0.1) is 17.2 Å². The smallest absolute Gasteiger partial charge is 0.237 e. The highest BCUT2D eigenvalue weighted by molar-refractivity contribution is 7.09. The largest absolute Gasteiger partial charge is 0.355 e. The molecule has 14 heavy (non-hydrogen) atoms. The van der Waals surface area contributed by atoms with Crippen LogP contribution >= 0.6 is 11.3 Å². The van der Waals surface area contributed by atoms with Crippen LogP contribution in [0.25, 0.3) is 0 Å². The number of rotatable bonds is 4. The van der Waals surface area contributed by atoms with Gasteiger partial charge in [0.2, 0.25) is 5.91 Å². The van der Waals surface area contributed by atoms with Crippen LogP contribution in [0.1, 0.15) is 11.8 Å². The minimum absolute atomic E-state index is 0.191. The fraction of sp³-hybridized carbons (Fsp3) is 0.400. The van der Waals surface area contributed by atoms with Crippen LogP contribution in [0.5, 0.6) is 0 Å². The minimum atomic E-state index is -0.557. The van der Waals surface area contributed by atoms with Gasteiger partial charge in [0.05, 0.1) is 6.07 Å². The monoisotopic (exact) mass is 208 g/mol. The Morgan fingerprint density at radius 1 is 1.79 bits per heavy atom. The number of nitrogens with one attached hydrogen (secondary N) is 1. The molecule has 0 aromatic carbocycles. The standard InChI is InChI=1S/C10H12N2OS/c1-8(7-11)10(13)12-5-4-9-3-2-6-14-9/h2-3,6,8H,4-5H2,1H3,(H,12,13). The molecule has 1 heterocycles. The molecule has 1 aromatic heterocycles. The molecule has 0 aliphatic rings. The topological polar surface area (TPSA) is 52.9 Å². The Balaban J connectivity index is 2.23. The van der Waals surface area contributed by atoms with Crippen molar-refractivity contribution >= 4 is 17.2 Å². The number of carbonyl (C=O) groups excluding carboxylic acids is 1. The maximum atomic E-state index is 11.2. The van der Waals surface area contributed by atoms with Crippen molar-refractivity contribution in [3.63, 3.8) is 0 Å². The van der Waals surface area contributed by atoms with Crippen molar-refractivity contribution in [2.75, 3.05) is 6.54 Å². The molecule has 0 aliphatic carbocycles. The Hall–Kier alpha value is -1.34. The fourth-order valence-corrected chi connectivity index (χ4v) is 1.68. The second-order valence-electron chi connectivity index (χ2n) is 2.97. The van der Waals surface area contributed by atoms with Gasteiger partial charge in [-0.15, -0.1) is 11.3 Å². The first-order chi connectivity index (χ1) is 6.74. The Bertz CT molecular complexity index is 326. The molecule has 1 N–H and O–H groups in total. The van der Waals surface area contributed by atoms with Crippen LogP contribution < -0.4 is 5.32 Å². The van der Waals surface area contributed by atoms with Gasteiger partial charge in [-0.1, -0.05) is 6.07 Å². The molecule has 4 heteroatoms. The number of amides is 1. The van der Waals surface area contributed by atoms with E-state index >= 15 is 0 Å². The van der Waals surface area contributed by atoms with Crippen LogP contribution in [0.3, 0.4) is 0 Å². The summed E-state index contributed by atoms with van der Waals surface area (Å²) in [5.41, 5.74) is 0. The molecule has 0 bridgehead atoms. The number of nitriles is 1. The van der Waals surface area contributed by atoms with Crippen molar-refractivity contribution in [3.8, 4) is 6.07 Å². The molecule has 0 saturated carbocycles. The molecule has 0 saturated heterocycles. The Kier molecular flexibility index (Phi) is 4.14. The summed E-state index contributed by atoms with van der Waals surface area (Å²) in [7, 11) is 0. The van der Waals surface area contributed by atoms with E-state index in [0.29, 0.717) is 6.54 Å². The van der Waals surface area contributed by atoms with Crippen LogP contribution in [-0.2, 0) is 11.2 Å². The number of thiophene rings is 1. The van der Waals surface area contributed by atoms with Crippen molar-refractivity contribution in [1.82, 2.24) is 5.32 Å². The Morgan fingerprint density at radius 2 is 2.57 bits per heavy atom. The Morgan fingerprint density at radius 3 is 3.14 bits per heavy atom. The quantitative estimate of drug-likeness (QED) is 0.816. The molecule has 1 atom stereocenters. The van der Waals surface area contributed by atoms with Crippen molar-refractivity contribution < 1.29 is 4.79 Å². The molecule has 1 amide bonds. The van der Waals surface area contributed by atoms with E-state index < -0.39 is 5.92 Å². The van der Waals surface area contributed by atoms with Gasteiger partial charge in [0.25, 0.3) is 0 Å². The van der Waals surface area contributed by atoms with E-state index in [2.05, 4.69) is 5.32 Å². The van der Waals surface area contributed by atoms with E-state index in [4.69, 9.17) is 5.26 Å². The number of carbonyl (C=O) groups is 1. The highest BCUT2D eigenvalue weighted by Crippen LogP contribution is 2.08. The van der Waals surface area contributed by atoms with Gasteiger partial charge in [-0.3, -0.25) is 4.79 Å². The van der Waals surface area contributed by atoms with Gasteiger partial charge in [-0.2, -0.15) is 5.26 Å². The first-order valence-electron chi connectivity index (χ1n) is 4.43. The average Bonchev–Trinajstić information content (AvgIpc) is 2.69. The van der Waals surface area contributed by atoms with Crippen molar-refractivity contribution in [3.05, 3.63) is 22.4 Å². The number of hydrogen-bond donors (Lipinski definition) is 1. The molecule has 0 aliphatic heterocycles. The summed E-state index contributed by atoms with van der Waals surface area (Å²) in [5, 5.41) is 13.2. The van der Waals surface area contributed by atoms with Gasteiger partial charge in [0.15, 0.2) is 0 Å². The zero-order chi connectivity index (χ0) is 10.4. The van der Waals surface area contributed by atoms with E-state index in [9.17, 15) is 4.79 Å². The first-order valence-corrected chi connectivity index (χ1v) is 5.31. The summed E-state index contributed by atoms with van der Waals surface area (Å²) in [6.07, 6.45) is 0.835. The third-order valence-corrected chi connectivity index (χ3v) is 2.77. The normalized spacial score (nSPS) is 11.7. The van der Waals surface area contributed by atoms with Crippen LogP contribution in [0.4, 0.5) is 0 Å². The predicted molar refractivity (Wildman–Crippen MR) is 55.8 cm³/mol. The number of hydrogen-bond acceptors (Lipinski definition) is 3. The van der Waals surface area contributed by atoms with E-state index in [1.54, 1.807) is 18.3 Å². The molecule has 0 radical (unpaired) electrons. The molecule has 0 fully saturated rings. The molecule has 1 aromatic rings. The van der Waals surface area contributed by atoms with Crippen LogP contribution in [0.15, 0.2) is 17.5 Å². The third kappa shape index (κ3) is 3.19. The molecule has 3 nitrogen and oxygen atoms in total. The summed E-state index contributed by atoms with van der Waals surface area (Å²) in [6, 6.07) is 5.92. The van der Waals surface area contributed by atoms with Crippen molar-refractivity contribution in [2.45, 2.75) is 13.3 Å². The second-order valence-corrected chi connectivity index (χ2v) is 4.00. The van der Waals surface area contributed by atoms with Crippen molar-refractivity contribution in [2.24, 2.45) is 5.92 Å². The van der Waals surface area contributed by atoms with Crippen molar-refractivity contribution in [1.29, 1.82) is 5.26 Å². The highest BCUT2D eigenvalue weighted by atomic mass is 32.1. The molecular weight excluding hydrogens is 196 g/mol. The summed E-state index contributed by atoms with van der Waals surface area (Å²) >= 11 is 1.67. The van der Waals surface area contributed by atoms with Gasteiger partial charge in [-0.25, -0.2) is 0 Å². The molecule has 1 rings (SSSR count). The summed E-state index contributed by atoms with van der Waals surface area (Å²) in [5.74, 6) is -0.748. The van der Waals surface area contributed by atoms with E-state index in [1.807, 2.05) is 23.6 Å². The molecule has 1 unspecified atom stereocenters. The lowest BCUT2D eigenvalue weighted by Gasteiger charge is -2.04. The van der Waals surface area contributed by atoms with Crippen LogP contribution in [-0.4, -0.2) is 12.5 Å². The molecule has 74 valence electrons. The lowest BCUT2D eigenvalue weighted by Crippen LogP contribution is -2.30. The number of nitrogens with zero attached hydrogens (tertiary/aromatic N) is 1. The van der Waals surface area contributed by atoms with Gasteiger partial charge >= 0.3 is 0 Å². The second kappa shape index (κ2) is 5.40. The third-order valence-electron chi connectivity index (χ3n) is 1.84. The van der Waals surface area contributed by atoms with E-state index in [0.717, 1.165) is 6.42 Å².